The van der Waals surface area contributed by atoms with Gasteiger partial charge in [-0.3, -0.25) is 9.80 Å². The maximum Gasteiger partial charge on any atom is 0.0323 e. The van der Waals surface area contributed by atoms with Crippen molar-refractivity contribution in [3.05, 3.63) is 35.4 Å². The fraction of sp³-hybridized carbons (Fsp3) is 0.667. The van der Waals surface area contributed by atoms with Gasteiger partial charge >= 0.3 is 0 Å². The van der Waals surface area contributed by atoms with E-state index in [2.05, 4.69) is 68.7 Å². The van der Waals surface area contributed by atoms with Gasteiger partial charge in [-0.05, 0) is 45.2 Å². The van der Waals surface area contributed by atoms with Crippen LogP contribution in [0.15, 0.2) is 24.3 Å². The first-order valence-electron chi connectivity index (χ1n) is 8.11. The zero-order valence-electron chi connectivity index (χ0n) is 13.8. The SMILES string of the molecule is CCc1cccc([C@H](C)N2CCN(C(C)C)C[C@@H]2C)c1. The van der Waals surface area contributed by atoms with Gasteiger partial charge in [0.25, 0.3) is 0 Å². The van der Waals surface area contributed by atoms with Crippen LogP contribution in [-0.4, -0.2) is 41.5 Å². The first kappa shape index (κ1) is 15.5. The standard InChI is InChI=1S/C18H30N2/c1-6-17-8-7-9-18(12-17)16(5)20-11-10-19(14(2)3)13-15(20)4/h7-9,12,14-16H,6,10-11,13H2,1-5H3/t15-,16-/m0/s1. The molecule has 0 aliphatic carbocycles. The lowest BCUT2D eigenvalue weighted by Crippen LogP contribution is -2.54. The van der Waals surface area contributed by atoms with Gasteiger partial charge in [0, 0.05) is 37.8 Å². The average Bonchev–Trinajstić information content (AvgIpc) is 2.46. The number of hydrogen-bond acceptors (Lipinski definition) is 2. The average molecular weight is 274 g/mol. The van der Waals surface area contributed by atoms with Crippen molar-refractivity contribution in [1.82, 2.24) is 9.80 Å². The summed E-state index contributed by atoms with van der Waals surface area (Å²) in [4.78, 5) is 5.25. The molecule has 1 aliphatic heterocycles. The highest BCUT2D eigenvalue weighted by Gasteiger charge is 2.28. The van der Waals surface area contributed by atoms with E-state index in [1.165, 1.54) is 30.8 Å². The molecule has 112 valence electrons. The van der Waals surface area contributed by atoms with Crippen molar-refractivity contribution in [2.75, 3.05) is 19.6 Å². The Balaban J connectivity index is 2.07. The first-order chi connectivity index (χ1) is 9.52. The van der Waals surface area contributed by atoms with Crippen molar-refractivity contribution in [1.29, 1.82) is 0 Å². The molecule has 0 spiro atoms. The summed E-state index contributed by atoms with van der Waals surface area (Å²) in [5.74, 6) is 0. The van der Waals surface area contributed by atoms with Crippen molar-refractivity contribution < 1.29 is 0 Å². The zero-order chi connectivity index (χ0) is 14.7. The molecule has 1 saturated heterocycles. The van der Waals surface area contributed by atoms with Crippen molar-refractivity contribution in [3.63, 3.8) is 0 Å². The van der Waals surface area contributed by atoms with Crippen molar-refractivity contribution in [2.45, 2.75) is 59.2 Å². The van der Waals surface area contributed by atoms with E-state index in [1.807, 2.05) is 0 Å². The number of aryl methyl sites for hydroxylation is 1. The molecule has 1 fully saturated rings. The van der Waals surface area contributed by atoms with E-state index in [0.717, 1.165) is 6.42 Å². The van der Waals surface area contributed by atoms with E-state index in [0.29, 0.717) is 18.1 Å². The molecule has 1 heterocycles. The molecule has 2 rings (SSSR count). The number of benzene rings is 1. The maximum atomic E-state index is 2.66. The van der Waals surface area contributed by atoms with E-state index < -0.39 is 0 Å². The molecule has 0 saturated carbocycles. The molecule has 0 aromatic heterocycles. The zero-order valence-corrected chi connectivity index (χ0v) is 13.8. The van der Waals surface area contributed by atoms with Gasteiger partial charge in [-0.15, -0.1) is 0 Å². The van der Waals surface area contributed by atoms with E-state index in [9.17, 15) is 0 Å². The Bertz CT molecular complexity index is 427. The summed E-state index contributed by atoms with van der Waals surface area (Å²) in [5, 5.41) is 0. The summed E-state index contributed by atoms with van der Waals surface area (Å²) in [6, 6.07) is 10.9. The molecular weight excluding hydrogens is 244 g/mol. The molecule has 2 heteroatoms. The Labute approximate surface area is 124 Å². The molecule has 1 aromatic rings. The van der Waals surface area contributed by atoms with Gasteiger partial charge < -0.3 is 0 Å². The molecular formula is C18H30N2. The second kappa shape index (κ2) is 6.73. The van der Waals surface area contributed by atoms with E-state index in [-0.39, 0.29) is 0 Å². The molecule has 0 N–H and O–H groups in total. The first-order valence-corrected chi connectivity index (χ1v) is 8.11. The lowest BCUT2D eigenvalue weighted by atomic mass is 10.00. The van der Waals surface area contributed by atoms with Crippen LogP contribution in [0.4, 0.5) is 0 Å². The molecule has 2 nitrogen and oxygen atoms in total. The minimum Gasteiger partial charge on any atom is -0.298 e. The lowest BCUT2D eigenvalue weighted by molar-refractivity contribution is 0.0393. The summed E-state index contributed by atoms with van der Waals surface area (Å²) in [6.07, 6.45) is 1.12. The second-order valence-corrected chi connectivity index (χ2v) is 6.45. The summed E-state index contributed by atoms with van der Waals surface area (Å²) in [6.45, 7) is 15.1. The summed E-state index contributed by atoms with van der Waals surface area (Å²) in [5.41, 5.74) is 2.91. The van der Waals surface area contributed by atoms with Crippen LogP contribution in [0.2, 0.25) is 0 Å². The third-order valence-corrected chi connectivity index (χ3v) is 4.78. The van der Waals surface area contributed by atoms with E-state index >= 15 is 0 Å². The Kier molecular flexibility index (Phi) is 5.22. The van der Waals surface area contributed by atoms with Crippen molar-refractivity contribution >= 4 is 0 Å². The molecule has 0 radical (unpaired) electrons. The number of rotatable bonds is 4. The van der Waals surface area contributed by atoms with Crippen LogP contribution in [-0.2, 0) is 6.42 Å². The normalized spacial score (nSPS) is 23.2. The van der Waals surface area contributed by atoms with Crippen LogP contribution in [0, 0.1) is 0 Å². The molecule has 0 bridgehead atoms. The Morgan fingerprint density at radius 3 is 2.55 bits per heavy atom. The van der Waals surface area contributed by atoms with Gasteiger partial charge in [0.15, 0.2) is 0 Å². The smallest absolute Gasteiger partial charge is 0.0323 e. The van der Waals surface area contributed by atoms with E-state index in [4.69, 9.17) is 0 Å². The Hall–Kier alpha value is -0.860. The quantitative estimate of drug-likeness (QED) is 0.825. The molecule has 20 heavy (non-hydrogen) atoms. The summed E-state index contributed by atoms with van der Waals surface area (Å²) >= 11 is 0. The van der Waals surface area contributed by atoms with Crippen LogP contribution in [0.3, 0.4) is 0 Å². The number of hydrogen-bond donors (Lipinski definition) is 0. The summed E-state index contributed by atoms with van der Waals surface area (Å²) in [7, 11) is 0. The third kappa shape index (κ3) is 3.42. The Morgan fingerprint density at radius 2 is 1.95 bits per heavy atom. The van der Waals surface area contributed by atoms with Crippen LogP contribution >= 0.6 is 0 Å². The fourth-order valence-electron chi connectivity index (χ4n) is 3.31. The maximum absolute atomic E-state index is 2.66. The predicted molar refractivity (Wildman–Crippen MR) is 87.1 cm³/mol. The van der Waals surface area contributed by atoms with Gasteiger partial charge in [-0.2, -0.15) is 0 Å². The van der Waals surface area contributed by atoms with Crippen molar-refractivity contribution in [2.24, 2.45) is 0 Å². The van der Waals surface area contributed by atoms with Crippen LogP contribution < -0.4 is 0 Å². The van der Waals surface area contributed by atoms with Crippen molar-refractivity contribution in [3.8, 4) is 0 Å². The second-order valence-electron chi connectivity index (χ2n) is 6.45. The molecule has 1 aliphatic rings. The van der Waals surface area contributed by atoms with Gasteiger partial charge in [-0.1, -0.05) is 31.2 Å². The highest BCUT2D eigenvalue weighted by Crippen LogP contribution is 2.26. The van der Waals surface area contributed by atoms with Gasteiger partial charge in [0.2, 0.25) is 0 Å². The number of piperazine rings is 1. The third-order valence-electron chi connectivity index (χ3n) is 4.78. The van der Waals surface area contributed by atoms with Gasteiger partial charge in [-0.25, -0.2) is 0 Å². The van der Waals surface area contributed by atoms with Crippen LogP contribution in [0.1, 0.15) is 51.8 Å². The fourth-order valence-corrected chi connectivity index (χ4v) is 3.31. The highest BCUT2D eigenvalue weighted by atomic mass is 15.3. The predicted octanol–water partition coefficient (Wildman–Crippen LogP) is 3.72. The molecule has 2 atom stereocenters. The largest absolute Gasteiger partial charge is 0.298 e. The number of nitrogens with zero attached hydrogens (tertiary/aromatic N) is 2. The van der Waals surface area contributed by atoms with Gasteiger partial charge in [0.05, 0.1) is 0 Å². The molecule has 0 unspecified atom stereocenters. The topological polar surface area (TPSA) is 6.48 Å². The Morgan fingerprint density at radius 1 is 1.20 bits per heavy atom. The molecule has 1 aromatic carbocycles. The molecule has 0 amide bonds. The summed E-state index contributed by atoms with van der Waals surface area (Å²) < 4.78 is 0. The monoisotopic (exact) mass is 274 g/mol. The highest BCUT2D eigenvalue weighted by molar-refractivity contribution is 5.26. The van der Waals surface area contributed by atoms with Crippen LogP contribution in [0.25, 0.3) is 0 Å². The van der Waals surface area contributed by atoms with Gasteiger partial charge in [0.1, 0.15) is 0 Å². The van der Waals surface area contributed by atoms with Crippen LogP contribution in [0.5, 0.6) is 0 Å². The lowest BCUT2D eigenvalue weighted by Gasteiger charge is -2.44. The van der Waals surface area contributed by atoms with E-state index in [1.54, 1.807) is 0 Å². The minimum atomic E-state index is 0.519. The minimum absolute atomic E-state index is 0.519.